The van der Waals surface area contributed by atoms with Crippen LogP contribution in [0.3, 0.4) is 0 Å². The molecular formula is C64H119NO8. The molecule has 0 aliphatic carbocycles. The first-order chi connectivity index (χ1) is 35.6. The van der Waals surface area contributed by atoms with Gasteiger partial charge >= 0.3 is 11.9 Å². The average Bonchev–Trinajstić information content (AvgIpc) is 3.36. The van der Waals surface area contributed by atoms with E-state index in [1.54, 1.807) is 0 Å². The van der Waals surface area contributed by atoms with E-state index < -0.39 is 24.3 Å². The standard InChI is InChI=1S/C64H119NO8/c1-6-8-10-12-14-16-18-20-22-23-24-25-26-27-28-29-30-31-32-33-34-35-36-37-38-39-41-42-44-46-48-50-52-54-61(66)71-58-60(59-72-64(63(68)69)70-57-56-65(3,4)5)73-62(67)55-53-51-49-47-45-43-40-21-19-17-15-13-11-9-7-2/h9,11,15,17,21,40,60,64H,6-8,10,12-14,16,18-20,22-39,41-59H2,1-5H3/b11-9-,17-15-,40-21-. The predicted molar refractivity (Wildman–Crippen MR) is 306 cm³/mol. The molecule has 0 spiro atoms. The molecule has 9 heteroatoms. The van der Waals surface area contributed by atoms with Crippen molar-refractivity contribution in [3.63, 3.8) is 0 Å². The fourth-order valence-corrected chi connectivity index (χ4v) is 9.14. The van der Waals surface area contributed by atoms with Gasteiger partial charge in [0.05, 0.1) is 40.3 Å². The molecule has 2 unspecified atom stereocenters. The highest BCUT2D eigenvalue weighted by molar-refractivity contribution is 5.70. The van der Waals surface area contributed by atoms with Gasteiger partial charge < -0.3 is 33.3 Å². The summed E-state index contributed by atoms with van der Waals surface area (Å²) in [5, 5.41) is 11.8. The van der Waals surface area contributed by atoms with Crippen LogP contribution in [-0.4, -0.2) is 82.3 Å². The van der Waals surface area contributed by atoms with E-state index >= 15 is 0 Å². The van der Waals surface area contributed by atoms with Gasteiger partial charge in [-0.25, -0.2) is 0 Å². The number of ether oxygens (including phenoxy) is 4. The Bertz CT molecular complexity index is 1290. The number of carbonyl (C=O) groups excluding carboxylic acids is 3. The first kappa shape index (κ1) is 70.5. The highest BCUT2D eigenvalue weighted by atomic mass is 16.7. The number of allylic oxidation sites excluding steroid dienone is 6. The van der Waals surface area contributed by atoms with Gasteiger partial charge in [-0.05, 0) is 44.9 Å². The molecule has 0 radical (unpaired) electrons. The first-order valence-electron chi connectivity index (χ1n) is 31.1. The smallest absolute Gasteiger partial charge is 0.306 e. The number of carbonyl (C=O) groups is 3. The van der Waals surface area contributed by atoms with Gasteiger partial charge in [0.25, 0.3) is 0 Å². The van der Waals surface area contributed by atoms with Crippen molar-refractivity contribution in [2.24, 2.45) is 0 Å². The Morgan fingerprint density at radius 3 is 1.16 bits per heavy atom. The molecular weight excluding hydrogens is 911 g/mol. The number of aliphatic carboxylic acids is 1. The third-order valence-corrected chi connectivity index (χ3v) is 13.9. The minimum atomic E-state index is -1.62. The molecule has 0 saturated carbocycles. The maximum absolute atomic E-state index is 12.8. The van der Waals surface area contributed by atoms with E-state index in [2.05, 4.69) is 50.3 Å². The van der Waals surface area contributed by atoms with Crippen LogP contribution >= 0.6 is 0 Å². The number of unbranched alkanes of at least 4 members (excludes halogenated alkanes) is 37. The highest BCUT2D eigenvalue weighted by Crippen LogP contribution is 2.18. The van der Waals surface area contributed by atoms with Gasteiger partial charge in [-0.1, -0.05) is 275 Å². The first-order valence-corrected chi connectivity index (χ1v) is 31.1. The van der Waals surface area contributed by atoms with Crippen molar-refractivity contribution in [3.8, 4) is 0 Å². The lowest BCUT2D eigenvalue weighted by Gasteiger charge is -2.26. The Balaban J connectivity index is 4.01. The molecule has 0 aromatic heterocycles. The van der Waals surface area contributed by atoms with E-state index in [1.807, 2.05) is 21.1 Å². The summed E-state index contributed by atoms with van der Waals surface area (Å²) >= 11 is 0. The number of carboxylic acids is 1. The number of rotatable bonds is 58. The number of carboxylic acid groups (broad SMARTS) is 1. The molecule has 0 heterocycles. The van der Waals surface area contributed by atoms with Crippen molar-refractivity contribution in [2.75, 3.05) is 47.5 Å². The maximum Gasteiger partial charge on any atom is 0.306 e. The quantitative estimate of drug-likeness (QED) is 0.0195. The van der Waals surface area contributed by atoms with Crippen LogP contribution < -0.4 is 5.11 Å². The predicted octanol–water partition coefficient (Wildman–Crippen LogP) is 17.1. The number of nitrogens with zero attached hydrogens (tertiary/aromatic N) is 1. The minimum absolute atomic E-state index is 0.145. The largest absolute Gasteiger partial charge is 0.545 e. The van der Waals surface area contributed by atoms with Crippen molar-refractivity contribution >= 4 is 17.9 Å². The number of likely N-dealkylation sites (N-methyl/N-ethyl adjacent to an activating group) is 1. The normalized spacial score (nSPS) is 12.9. The molecule has 2 atom stereocenters. The monoisotopic (exact) mass is 1030 g/mol. The number of esters is 2. The lowest BCUT2D eigenvalue weighted by atomic mass is 10.0. The summed E-state index contributed by atoms with van der Waals surface area (Å²) in [6, 6.07) is 0. The SMILES string of the molecule is CC/C=C\C/C=C\C/C=C\CCCCCCCC(=O)OC(COC(=O)CCCCCCCCCCCCCCCCCCCCCCCCCCCCCCCCCCC)COC(OCC[N+](C)(C)C)C(=O)[O-]. The Morgan fingerprint density at radius 1 is 0.425 bits per heavy atom. The number of hydrogen-bond acceptors (Lipinski definition) is 8. The van der Waals surface area contributed by atoms with E-state index in [0.29, 0.717) is 23.9 Å². The van der Waals surface area contributed by atoms with Crippen LogP contribution in [0, 0.1) is 0 Å². The Kier molecular flexibility index (Phi) is 53.8. The fraction of sp³-hybridized carbons (Fsp3) is 0.859. The van der Waals surface area contributed by atoms with Crippen molar-refractivity contribution < 1.29 is 42.9 Å². The topological polar surface area (TPSA) is 111 Å². The van der Waals surface area contributed by atoms with Gasteiger partial charge in [-0.2, -0.15) is 0 Å². The minimum Gasteiger partial charge on any atom is -0.545 e. The Hall–Kier alpha value is -2.49. The molecule has 0 aromatic carbocycles. The van der Waals surface area contributed by atoms with E-state index in [4.69, 9.17) is 18.9 Å². The van der Waals surface area contributed by atoms with Gasteiger partial charge in [0.15, 0.2) is 12.4 Å². The molecule has 0 aliphatic heterocycles. The number of hydrogen-bond donors (Lipinski definition) is 0. The molecule has 0 bridgehead atoms. The Labute approximate surface area is 451 Å². The second kappa shape index (κ2) is 55.7. The zero-order valence-electron chi connectivity index (χ0n) is 48.8. The molecule has 73 heavy (non-hydrogen) atoms. The van der Waals surface area contributed by atoms with E-state index in [1.165, 1.54) is 193 Å². The Morgan fingerprint density at radius 2 is 0.781 bits per heavy atom. The third kappa shape index (κ3) is 57.1. The van der Waals surface area contributed by atoms with Crippen molar-refractivity contribution in [1.82, 2.24) is 0 Å². The second-order valence-corrected chi connectivity index (χ2v) is 22.3. The molecule has 0 aromatic rings. The van der Waals surface area contributed by atoms with Gasteiger partial charge in [-0.15, -0.1) is 0 Å². The third-order valence-electron chi connectivity index (χ3n) is 13.9. The van der Waals surface area contributed by atoms with Crippen LogP contribution in [0.15, 0.2) is 36.5 Å². The van der Waals surface area contributed by atoms with E-state index in [9.17, 15) is 19.5 Å². The summed E-state index contributed by atoms with van der Waals surface area (Å²) in [7, 11) is 5.92. The van der Waals surface area contributed by atoms with Crippen molar-refractivity contribution in [2.45, 2.75) is 309 Å². The van der Waals surface area contributed by atoms with Gasteiger partial charge in [0.1, 0.15) is 13.2 Å². The molecule has 0 N–H and O–H groups in total. The van der Waals surface area contributed by atoms with Gasteiger partial charge in [0, 0.05) is 12.8 Å². The molecule has 9 nitrogen and oxygen atoms in total. The van der Waals surface area contributed by atoms with Gasteiger partial charge in [-0.3, -0.25) is 9.59 Å². The van der Waals surface area contributed by atoms with Crippen LogP contribution in [0.5, 0.6) is 0 Å². The van der Waals surface area contributed by atoms with E-state index in [-0.39, 0.29) is 32.2 Å². The summed E-state index contributed by atoms with van der Waals surface area (Å²) < 4.78 is 22.7. The molecule has 0 fully saturated rings. The van der Waals surface area contributed by atoms with Crippen LogP contribution in [0.4, 0.5) is 0 Å². The van der Waals surface area contributed by atoms with Crippen LogP contribution in [0.1, 0.15) is 296 Å². The van der Waals surface area contributed by atoms with Crippen LogP contribution in [-0.2, 0) is 33.3 Å². The summed E-state index contributed by atoms with van der Waals surface area (Å²) in [5.41, 5.74) is 0. The van der Waals surface area contributed by atoms with Crippen molar-refractivity contribution in [1.29, 1.82) is 0 Å². The zero-order chi connectivity index (χ0) is 53.4. The molecule has 0 aliphatic rings. The molecule has 0 rings (SSSR count). The zero-order valence-corrected chi connectivity index (χ0v) is 48.8. The van der Waals surface area contributed by atoms with Gasteiger partial charge in [0.2, 0.25) is 0 Å². The molecule has 0 saturated heterocycles. The maximum atomic E-state index is 12.8. The summed E-state index contributed by atoms with van der Waals surface area (Å²) in [6.07, 6.45) is 65.2. The van der Waals surface area contributed by atoms with Crippen LogP contribution in [0.25, 0.3) is 0 Å². The summed E-state index contributed by atoms with van der Waals surface area (Å²) in [4.78, 5) is 37.3. The van der Waals surface area contributed by atoms with E-state index in [0.717, 1.165) is 70.6 Å². The molecule has 428 valence electrons. The van der Waals surface area contributed by atoms with Crippen LogP contribution in [0.2, 0.25) is 0 Å². The summed E-state index contributed by atoms with van der Waals surface area (Å²) in [6.45, 7) is 4.65. The molecule has 0 amide bonds. The average molecular weight is 1030 g/mol. The van der Waals surface area contributed by atoms with Crippen molar-refractivity contribution in [3.05, 3.63) is 36.5 Å². The number of quaternary nitrogens is 1. The summed E-state index contributed by atoms with van der Waals surface area (Å²) in [5.74, 6) is -2.29. The second-order valence-electron chi connectivity index (χ2n) is 22.3. The lowest BCUT2D eigenvalue weighted by molar-refractivity contribution is -0.870. The highest BCUT2D eigenvalue weighted by Gasteiger charge is 2.22. The lowest BCUT2D eigenvalue weighted by Crippen LogP contribution is -2.44. The fourth-order valence-electron chi connectivity index (χ4n) is 9.14.